The maximum absolute atomic E-state index is 12.7. The predicted molar refractivity (Wildman–Crippen MR) is 120 cm³/mol. The van der Waals surface area contributed by atoms with Crippen molar-refractivity contribution in [3.05, 3.63) is 0 Å². The van der Waals surface area contributed by atoms with E-state index < -0.39 is 54.5 Å². The van der Waals surface area contributed by atoms with E-state index in [1.807, 2.05) is 27.7 Å². The lowest BCUT2D eigenvalue weighted by Crippen LogP contribution is -2.58. The van der Waals surface area contributed by atoms with Gasteiger partial charge in [0.15, 0.2) is 0 Å². The van der Waals surface area contributed by atoms with Gasteiger partial charge in [-0.05, 0) is 50.5 Å². The van der Waals surface area contributed by atoms with Crippen molar-refractivity contribution in [2.45, 2.75) is 84.0 Å². The predicted octanol–water partition coefficient (Wildman–Crippen LogP) is -0.934. The third-order valence-corrected chi connectivity index (χ3v) is 4.78. The summed E-state index contributed by atoms with van der Waals surface area (Å²) in [6.07, 6.45) is 1.99. The fourth-order valence-corrected chi connectivity index (χ4v) is 3.09. The molecule has 32 heavy (non-hydrogen) atoms. The zero-order valence-electron chi connectivity index (χ0n) is 19.6. The van der Waals surface area contributed by atoms with Crippen LogP contribution in [0.25, 0.3) is 0 Å². The molecule has 0 fully saturated rings. The molecule has 0 saturated heterocycles. The van der Waals surface area contributed by atoms with Crippen molar-refractivity contribution in [3.8, 4) is 0 Å². The van der Waals surface area contributed by atoms with Gasteiger partial charge >= 0.3 is 5.97 Å². The van der Waals surface area contributed by atoms with Crippen LogP contribution in [0.2, 0.25) is 0 Å². The molecule has 3 amide bonds. The van der Waals surface area contributed by atoms with E-state index in [2.05, 4.69) is 16.0 Å². The normalized spacial score (nSPS) is 15.0. The van der Waals surface area contributed by atoms with E-state index in [-0.39, 0.29) is 24.7 Å². The van der Waals surface area contributed by atoms with Crippen LogP contribution in [0.4, 0.5) is 0 Å². The second-order valence-electron chi connectivity index (χ2n) is 8.85. The molecule has 0 rings (SSSR count). The molecule has 0 saturated carbocycles. The van der Waals surface area contributed by atoms with Crippen LogP contribution >= 0.6 is 0 Å². The largest absolute Gasteiger partial charge is 0.480 e. The lowest BCUT2D eigenvalue weighted by atomic mass is 10.0. The summed E-state index contributed by atoms with van der Waals surface area (Å²) in [5.41, 5.74) is 11.3. The minimum atomic E-state index is -1.29. The first-order chi connectivity index (χ1) is 14.9. The van der Waals surface area contributed by atoms with Crippen LogP contribution in [0.1, 0.15) is 59.8 Å². The Morgan fingerprint density at radius 2 is 1.28 bits per heavy atom. The highest BCUT2D eigenvalue weighted by Crippen LogP contribution is 2.08. The number of aliphatic hydroxyl groups is 1. The molecule has 0 aliphatic carbocycles. The highest BCUT2D eigenvalue weighted by atomic mass is 16.4. The smallest absolute Gasteiger partial charge is 0.326 e. The van der Waals surface area contributed by atoms with Crippen molar-refractivity contribution in [2.75, 3.05) is 13.2 Å². The van der Waals surface area contributed by atoms with Crippen LogP contribution < -0.4 is 27.4 Å². The second-order valence-corrected chi connectivity index (χ2v) is 8.85. The van der Waals surface area contributed by atoms with Crippen LogP contribution in [0.15, 0.2) is 0 Å². The number of carboxylic acids is 1. The first kappa shape index (κ1) is 29.8. The van der Waals surface area contributed by atoms with Crippen LogP contribution in [0, 0.1) is 11.8 Å². The van der Waals surface area contributed by atoms with Crippen molar-refractivity contribution < 1.29 is 29.4 Å². The summed E-state index contributed by atoms with van der Waals surface area (Å²) in [6.45, 7) is 7.18. The van der Waals surface area contributed by atoms with Crippen molar-refractivity contribution in [1.82, 2.24) is 16.0 Å². The quantitative estimate of drug-likeness (QED) is 0.144. The molecule has 11 heteroatoms. The summed E-state index contributed by atoms with van der Waals surface area (Å²) >= 11 is 0. The Morgan fingerprint density at radius 1 is 0.781 bits per heavy atom. The van der Waals surface area contributed by atoms with Gasteiger partial charge in [0.2, 0.25) is 17.7 Å². The van der Waals surface area contributed by atoms with Crippen molar-refractivity contribution in [3.63, 3.8) is 0 Å². The van der Waals surface area contributed by atoms with E-state index >= 15 is 0 Å². The van der Waals surface area contributed by atoms with E-state index in [1.54, 1.807) is 0 Å². The molecule has 186 valence electrons. The Kier molecular flexibility index (Phi) is 14.5. The van der Waals surface area contributed by atoms with Gasteiger partial charge in [-0.25, -0.2) is 4.79 Å². The molecule has 0 spiro atoms. The van der Waals surface area contributed by atoms with E-state index in [0.717, 1.165) is 0 Å². The molecule has 9 N–H and O–H groups in total. The molecular weight excluding hydrogens is 418 g/mol. The number of nitrogens with one attached hydrogen (secondary N) is 3. The summed E-state index contributed by atoms with van der Waals surface area (Å²) in [5, 5.41) is 26.3. The zero-order chi connectivity index (χ0) is 24.8. The second kappa shape index (κ2) is 15.5. The van der Waals surface area contributed by atoms with Crippen molar-refractivity contribution in [2.24, 2.45) is 23.3 Å². The number of carbonyl (C=O) groups is 4. The summed E-state index contributed by atoms with van der Waals surface area (Å²) < 4.78 is 0. The molecular formula is C21H41N5O6. The molecule has 0 bridgehead atoms. The molecule has 4 atom stereocenters. The Balaban J connectivity index is 5.26. The number of hydrogen-bond donors (Lipinski definition) is 7. The molecule has 11 nitrogen and oxygen atoms in total. The minimum Gasteiger partial charge on any atom is -0.480 e. The zero-order valence-corrected chi connectivity index (χ0v) is 19.6. The average Bonchev–Trinajstić information content (AvgIpc) is 2.69. The summed E-state index contributed by atoms with van der Waals surface area (Å²) in [4.78, 5) is 49.1. The number of carboxylic acid groups (broad SMARTS) is 1. The highest BCUT2D eigenvalue weighted by molar-refractivity contribution is 5.94. The van der Waals surface area contributed by atoms with Gasteiger partial charge in [0.05, 0.1) is 12.6 Å². The first-order valence-electron chi connectivity index (χ1n) is 11.1. The maximum Gasteiger partial charge on any atom is 0.326 e. The third kappa shape index (κ3) is 12.0. The fraction of sp³-hybridized carbons (Fsp3) is 0.810. The average molecular weight is 460 g/mol. The Labute approximate surface area is 190 Å². The van der Waals surface area contributed by atoms with Gasteiger partial charge < -0.3 is 37.6 Å². The van der Waals surface area contributed by atoms with Crippen LogP contribution in [0.3, 0.4) is 0 Å². The molecule has 0 unspecified atom stereocenters. The van der Waals surface area contributed by atoms with Crippen molar-refractivity contribution in [1.29, 1.82) is 0 Å². The van der Waals surface area contributed by atoms with Gasteiger partial charge in [-0.3, -0.25) is 14.4 Å². The van der Waals surface area contributed by atoms with Crippen molar-refractivity contribution >= 4 is 23.7 Å². The number of amides is 3. The number of rotatable bonds is 16. The Bertz CT molecular complexity index is 613. The SMILES string of the molecule is CC(C)C[C@H](NC(=O)[C@H](CCCCN)NC(=O)[C@H](CO)NC(=O)[C@@H](N)CC(C)C)C(=O)O. The number of unbranched alkanes of at least 4 members (excludes halogenated alkanes) is 1. The van der Waals surface area contributed by atoms with Gasteiger partial charge in [0.25, 0.3) is 0 Å². The van der Waals surface area contributed by atoms with E-state index in [9.17, 15) is 29.4 Å². The highest BCUT2D eigenvalue weighted by Gasteiger charge is 2.30. The van der Waals surface area contributed by atoms with Gasteiger partial charge in [-0.1, -0.05) is 27.7 Å². The van der Waals surface area contributed by atoms with Crippen LogP contribution in [-0.2, 0) is 19.2 Å². The molecule has 0 heterocycles. The van der Waals surface area contributed by atoms with Gasteiger partial charge in [-0.2, -0.15) is 0 Å². The van der Waals surface area contributed by atoms with E-state index in [4.69, 9.17) is 11.5 Å². The molecule has 0 aromatic heterocycles. The number of aliphatic carboxylic acids is 1. The van der Waals surface area contributed by atoms with Crippen LogP contribution in [0.5, 0.6) is 0 Å². The number of hydrogen-bond acceptors (Lipinski definition) is 7. The first-order valence-corrected chi connectivity index (χ1v) is 11.1. The summed E-state index contributed by atoms with van der Waals surface area (Å²) in [6, 6.07) is -4.28. The monoisotopic (exact) mass is 459 g/mol. The molecule has 0 aliphatic heterocycles. The Hall–Kier alpha value is -2.24. The number of carbonyl (C=O) groups excluding carboxylic acids is 3. The number of nitrogens with two attached hydrogens (primary N) is 2. The molecule has 0 radical (unpaired) electrons. The minimum absolute atomic E-state index is 0.0331. The lowest BCUT2D eigenvalue weighted by molar-refractivity contribution is -0.143. The van der Waals surface area contributed by atoms with E-state index in [0.29, 0.717) is 25.8 Å². The topological polar surface area (TPSA) is 197 Å². The van der Waals surface area contributed by atoms with E-state index in [1.165, 1.54) is 0 Å². The summed E-state index contributed by atoms with van der Waals surface area (Å²) in [7, 11) is 0. The maximum atomic E-state index is 12.7. The molecule has 0 aromatic rings. The standard InChI is InChI=1S/C21H41N5O6/c1-12(2)9-14(23)18(28)26-17(11-27)20(30)24-15(7-5-6-8-22)19(29)25-16(21(31)32)10-13(3)4/h12-17,27H,5-11,22-23H2,1-4H3,(H,24,30)(H,25,29)(H,26,28)(H,31,32)/t14-,15-,16-,17-/m0/s1. The fourth-order valence-electron chi connectivity index (χ4n) is 3.09. The third-order valence-electron chi connectivity index (χ3n) is 4.78. The van der Waals surface area contributed by atoms with Gasteiger partial charge in [-0.15, -0.1) is 0 Å². The Morgan fingerprint density at radius 3 is 1.75 bits per heavy atom. The molecule has 0 aromatic carbocycles. The number of aliphatic hydroxyl groups excluding tert-OH is 1. The molecule has 0 aliphatic rings. The summed E-state index contributed by atoms with van der Waals surface area (Å²) in [5.74, 6) is -2.96. The van der Waals surface area contributed by atoms with Gasteiger partial charge in [0.1, 0.15) is 18.1 Å². The lowest BCUT2D eigenvalue weighted by Gasteiger charge is -2.25. The van der Waals surface area contributed by atoms with Crippen LogP contribution in [-0.4, -0.2) is 71.2 Å². The van der Waals surface area contributed by atoms with Gasteiger partial charge in [0, 0.05) is 0 Å².